The van der Waals surface area contributed by atoms with Crippen molar-refractivity contribution in [3.8, 4) is 11.5 Å². The molecule has 0 amide bonds. The molecule has 1 aromatic heterocycles. The third kappa shape index (κ3) is 0.741. The number of aromatic hydroxyl groups is 2. The second kappa shape index (κ2) is 1.92. The molecule has 0 atom stereocenters. The van der Waals surface area contributed by atoms with Gasteiger partial charge in [0.2, 0.25) is 0 Å². The molecule has 0 saturated carbocycles. The van der Waals surface area contributed by atoms with Gasteiger partial charge in [-0.1, -0.05) is 0 Å². The molecule has 0 unspecified atom stereocenters. The smallest absolute Gasteiger partial charge is 0.166 e. The standard InChI is InChI=1S/C8H7NO2/c10-7-2-1-5-3-9-4-6(5)8(7)11/h1-4,9-11H. The Hall–Kier alpha value is -1.64. The van der Waals surface area contributed by atoms with E-state index in [-0.39, 0.29) is 11.5 Å². The van der Waals surface area contributed by atoms with Crippen molar-refractivity contribution in [1.82, 2.24) is 4.98 Å². The van der Waals surface area contributed by atoms with E-state index < -0.39 is 0 Å². The van der Waals surface area contributed by atoms with Crippen molar-refractivity contribution in [3.63, 3.8) is 0 Å². The number of fused-ring (bicyclic) bond motifs is 1. The summed E-state index contributed by atoms with van der Waals surface area (Å²) in [4.78, 5) is 2.83. The highest BCUT2D eigenvalue weighted by Gasteiger charge is 2.03. The molecule has 3 nitrogen and oxygen atoms in total. The maximum absolute atomic E-state index is 9.28. The lowest BCUT2D eigenvalue weighted by Gasteiger charge is -1.96. The summed E-state index contributed by atoms with van der Waals surface area (Å²) in [6.45, 7) is 0. The summed E-state index contributed by atoms with van der Waals surface area (Å²) in [6.07, 6.45) is 3.40. The van der Waals surface area contributed by atoms with E-state index in [4.69, 9.17) is 5.11 Å². The number of rotatable bonds is 0. The summed E-state index contributed by atoms with van der Waals surface area (Å²) in [6, 6.07) is 3.20. The van der Waals surface area contributed by atoms with Crippen LogP contribution >= 0.6 is 0 Å². The Morgan fingerprint density at radius 1 is 1.09 bits per heavy atom. The fourth-order valence-electron chi connectivity index (χ4n) is 1.10. The number of hydrogen-bond acceptors (Lipinski definition) is 2. The molecule has 3 N–H and O–H groups in total. The van der Waals surface area contributed by atoms with Crippen molar-refractivity contribution in [2.45, 2.75) is 0 Å². The van der Waals surface area contributed by atoms with Gasteiger partial charge in [-0.25, -0.2) is 0 Å². The van der Waals surface area contributed by atoms with E-state index in [1.165, 1.54) is 6.07 Å². The van der Waals surface area contributed by atoms with E-state index in [9.17, 15) is 5.11 Å². The molecule has 0 aliphatic rings. The zero-order valence-electron chi connectivity index (χ0n) is 5.70. The van der Waals surface area contributed by atoms with Gasteiger partial charge in [-0.05, 0) is 12.1 Å². The highest BCUT2D eigenvalue weighted by Crippen LogP contribution is 2.32. The first-order valence-corrected chi connectivity index (χ1v) is 3.26. The third-order valence-corrected chi connectivity index (χ3v) is 1.70. The molecule has 0 bridgehead atoms. The first kappa shape index (κ1) is 6.09. The van der Waals surface area contributed by atoms with Gasteiger partial charge < -0.3 is 15.2 Å². The van der Waals surface area contributed by atoms with Crippen LogP contribution in [0.3, 0.4) is 0 Å². The number of H-pyrrole nitrogens is 1. The summed E-state index contributed by atoms with van der Waals surface area (Å²) in [7, 11) is 0. The molecule has 0 aliphatic heterocycles. The lowest BCUT2D eigenvalue weighted by atomic mass is 10.2. The Labute approximate surface area is 62.9 Å². The summed E-state index contributed by atoms with van der Waals surface area (Å²) in [5.41, 5.74) is 0. The highest BCUT2D eigenvalue weighted by molar-refractivity contribution is 5.89. The molecular weight excluding hydrogens is 142 g/mol. The van der Waals surface area contributed by atoms with Gasteiger partial charge in [0, 0.05) is 23.2 Å². The van der Waals surface area contributed by atoms with Crippen molar-refractivity contribution in [1.29, 1.82) is 0 Å². The van der Waals surface area contributed by atoms with Crippen LogP contribution in [0.25, 0.3) is 10.8 Å². The third-order valence-electron chi connectivity index (χ3n) is 1.70. The molecule has 11 heavy (non-hydrogen) atoms. The first-order valence-electron chi connectivity index (χ1n) is 3.26. The molecule has 0 radical (unpaired) electrons. The van der Waals surface area contributed by atoms with Crippen molar-refractivity contribution >= 4 is 10.8 Å². The molecule has 0 aliphatic carbocycles. The van der Waals surface area contributed by atoms with Crippen LogP contribution < -0.4 is 0 Å². The van der Waals surface area contributed by atoms with Crippen LogP contribution in [-0.2, 0) is 0 Å². The minimum atomic E-state index is -0.0860. The SMILES string of the molecule is Oc1ccc2c[nH]cc2c1O. The van der Waals surface area contributed by atoms with Crippen LogP contribution in [0.15, 0.2) is 24.5 Å². The van der Waals surface area contributed by atoms with E-state index in [0.717, 1.165) is 5.39 Å². The van der Waals surface area contributed by atoms with Gasteiger partial charge in [0.15, 0.2) is 11.5 Å². The molecular formula is C8H7NO2. The van der Waals surface area contributed by atoms with Crippen LogP contribution in [0.2, 0.25) is 0 Å². The fraction of sp³-hybridized carbons (Fsp3) is 0. The van der Waals surface area contributed by atoms with Gasteiger partial charge >= 0.3 is 0 Å². The van der Waals surface area contributed by atoms with E-state index >= 15 is 0 Å². The number of hydrogen-bond donors (Lipinski definition) is 3. The maximum atomic E-state index is 9.28. The average Bonchev–Trinajstić information content (AvgIpc) is 2.45. The van der Waals surface area contributed by atoms with E-state index in [1.807, 2.05) is 0 Å². The Balaban J connectivity index is 2.93. The zero-order valence-corrected chi connectivity index (χ0v) is 5.70. The summed E-state index contributed by atoms with van der Waals surface area (Å²) in [5, 5.41) is 19.9. The van der Waals surface area contributed by atoms with E-state index in [1.54, 1.807) is 18.5 Å². The molecule has 56 valence electrons. The predicted molar refractivity (Wildman–Crippen MR) is 41.6 cm³/mol. The molecule has 3 heteroatoms. The van der Waals surface area contributed by atoms with Crippen LogP contribution in [0, 0.1) is 0 Å². The number of benzene rings is 1. The lowest BCUT2D eigenvalue weighted by molar-refractivity contribution is 0.408. The highest BCUT2D eigenvalue weighted by atomic mass is 16.3. The topological polar surface area (TPSA) is 56.2 Å². The fourth-order valence-corrected chi connectivity index (χ4v) is 1.10. The van der Waals surface area contributed by atoms with Gasteiger partial charge in [-0.15, -0.1) is 0 Å². The molecule has 0 saturated heterocycles. The van der Waals surface area contributed by atoms with Gasteiger partial charge in [0.1, 0.15) is 0 Å². The number of nitrogens with one attached hydrogen (secondary N) is 1. The zero-order chi connectivity index (χ0) is 7.84. The second-order valence-electron chi connectivity index (χ2n) is 2.39. The van der Waals surface area contributed by atoms with Crippen LogP contribution in [0.4, 0.5) is 0 Å². The van der Waals surface area contributed by atoms with Gasteiger partial charge in [0.05, 0.1) is 0 Å². The largest absolute Gasteiger partial charge is 0.504 e. The maximum Gasteiger partial charge on any atom is 0.166 e. The van der Waals surface area contributed by atoms with Crippen molar-refractivity contribution < 1.29 is 10.2 Å². The quantitative estimate of drug-likeness (QED) is 0.498. The Morgan fingerprint density at radius 2 is 1.91 bits per heavy atom. The van der Waals surface area contributed by atoms with Crippen molar-refractivity contribution in [2.24, 2.45) is 0 Å². The summed E-state index contributed by atoms with van der Waals surface area (Å²) in [5.74, 6) is -0.152. The van der Waals surface area contributed by atoms with E-state index in [0.29, 0.717) is 5.39 Å². The number of aromatic nitrogens is 1. The summed E-state index contributed by atoms with van der Waals surface area (Å²) >= 11 is 0. The molecule has 2 rings (SSSR count). The minimum Gasteiger partial charge on any atom is -0.504 e. The average molecular weight is 149 g/mol. The Bertz CT molecular complexity index is 392. The molecule has 1 heterocycles. The Kier molecular flexibility index (Phi) is 1.06. The predicted octanol–water partition coefficient (Wildman–Crippen LogP) is 1.58. The van der Waals surface area contributed by atoms with Crippen LogP contribution in [-0.4, -0.2) is 15.2 Å². The normalized spacial score (nSPS) is 10.5. The van der Waals surface area contributed by atoms with Gasteiger partial charge in [-0.2, -0.15) is 0 Å². The second-order valence-corrected chi connectivity index (χ2v) is 2.39. The van der Waals surface area contributed by atoms with Crippen molar-refractivity contribution in [2.75, 3.05) is 0 Å². The molecule has 1 aromatic carbocycles. The first-order chi connectivity index (χ1) is 5.29. The number of phenolic OH excluding ortho intramolecular Hbond substituents is 2. The number of phenols is 2. The van der Waals surface area contributed by atoms with Gasteiger partial charge in [0.25, 0.3) is 0 Å². The van der Waals surface area contributed by atoms with Crippen molar-refractivity contribution in [3.05, 3.63) is 24.5 Å². The molecule has 0 fully saturated rings. The van der Waals surface area contributed by atoms with Crippen LogP contribution in [0.5, 0.6) is 11.5 Å². The Morgan fingerprint density at radius 3 is 2.73 bits per heavy atom. The number of aromatic amines is 1. The van der Waals surface area contributed by atoms with Crippen LogP contribution in [0.1, 0.15) is 0 Å². The minimum absolute atomic E-state index is 0.0660. The molecule has 2 aromatic rings. The van der Waals surface area contributed by atoms with E-state index in [2.05, 4.69) is 4.98 Å². The summed E-state index contributed by atoms with van der Waals surface area (Å²) < 4.78 is 0. The lowest BCUT2D eigenvalue weighted by Crippen LogP contribution is -1.68. The monoisotopic (exact) mass is 149 g/mol. The van der Waals surface area contributed by atoms with Gasteiger partial charge in [-0.3, -0.25) is 0 Å². The molecule has 0 spiro atoms.